The number of aliphatic carboxylic acids is 1. The summed E-state index contributed by atoms with van der Waals surface area (Å²) < 4.78 is 0. The summed E-state index contributed by atoms with van der Waals surface area (Å²) in [6.45, 7) is 1.68. The molecule has 0 radical (unpaired) electrons. The van der Waals surface area contributed by atoms with Crippen molar-refractivity contribution in [3.63, 3.8) is 0 Å². The van der Waals surface area contributed by atoms with Crippen LogP contribution < -0.4 is 10.2 Å². The van der Waals surface area contributed by atoms with Crippen molar-refractivity contribution in [3.8, 4) is 5.75 Å². The number of amides is 2. The molecule has 7 heteroatoms. The minimum Gasteiger partial charge on any atom is -0.508 e. The van der Waals surface area contributed by atoms with Crippen molar-refractivity contribution in [2.75, 3.05) is 4.90 Å². The summed E-state index contributed by atoms with van der Waals surface area (Å²) >= 11 is 0. The molecular weight excluding hydrogens is 408 g/mol. The Morgan fingerprint density at radius 2 is 1.69 bits per heavy atom. The Kier molecular flexibility index (Phi) is 4.53. The van der Waals surface area contributed by atoms with Gasteiger partial charge in [-0.15, -0.1) is 0 Å². The number of carboxylic acids is 1. The summed E-state index contributed by atoms with van der Waals surface area (Å²) in [5, 5.41) is 25.3. The van der Waals surface area contributed by atoms with Gasteiger partial charge in [-0.05, 0) is 23.9 Å². The predicted octanol–water partition coefficient (Wildman–Crippen LogP) is 3.23. The summed E-state index contributed by atoms with van der Waals surface area (Å²) in [6, 6.07) is 18.5. The van der Waals surface area contributed by atoms with Gasteiger partial charge in [0, 0.05) is 17.0 Å². The molecule has 3 aromatic rings. The number of hydrogen-bond donors (Lipinski definition) is 3. The van der Waals surface area contributed by atoms with E-state index in [4.69, 9.17) is 0 Å². The Hall–Kier alpha value is -3.71. The van der Waals surface area contributed by atoms with Crippen LogP contribution in [0.5, 0.6) is 5.75 Å². The third kappa shape index (κ3) is 2.61. The van der Waals surface area contributed by atoms with Crippen LogP contribution in [0.15, 0.2) is 66.7 Å². The molecule has 3 N–H and O–H groups in total. The topological polar surface area (TPSA) is 107 Å². The molecule has 2 aliphatic heterocycles. The van der Waals surface area contributed by atoms with Crippen molar-refractivity contribution in [2.45, 2.75) is 24.9 Å². The molecule has 162 valence electrons. The number of carbonyl (C=O) groups is 3. The lowest BCUT2D eigenvalue weighted by Gasteiger charge is -2.30. The summed E-state index contributed by atoms with van der Waals surface area (Å²) in [6.07, 6.45) is 0.107. The van der Waals surface area contributed by atoms with E-state index >= 15 is 0 Å². The third-order valence-electron chi connectivity index (χ3n) is 6.87. The van der Waals surface area contributed by atoms with Crippen LogP contribution in [0.1, 0.15) is 24.9 Å². The fourth-order valence-electron chi connectivity index (χ4n) is 5.33. The van der Waals surface area contributed by atoms with E-state index in [2.05, 4.69) is 5.32 Å². The molecule has 32 heavy (non-hydrogen) atoms. The molecule has 4 atom stereocenters. The number of benzene rings is 3. The van der Waals surface area contributed by atoms with Gasteiger partial charge in [-0.1, -0.05) is 61.5 Å². The Morgan fingerprint density at radius 3 is 2.41 bits per heavy atom. The predicted molar refractivity (Wildman–Crippen MR) is 118 cm³/mol. The number of nitrogens with zero attached hydrogens (tertiary/aromatic N) is 1. The maximum absolute atomic E-state index is 13.8. The number of carbonyl (C=O) groups excluding carboxylic acids is 2. The van der Waals surface area contributed by atoms with Crippen LogP contribution in [0.25, 0.3) is 10.8 Å². The Labute approximate surface area is 184 Å². The van der Waals surface area contributed by atoms with Crippen LogP contribution in [-0.4, -0.2) is 33.5 Å². The highest BCUT2D eigenvalue weighted by Gasteiger charge is 2.68. The number of phenols is 1. The van der Waals surface area contributed by atoms with Crippen LogP contribution in [0.4, 0.5) is 5.69 Å². The first-order valence-electron chi connectivity index (χ1n) is 10.5. The first kappa shape index (κ1) is 20.2. The molecule has 0 saturated carbocycles. The van der Waals surface area contributed by atoms with Crippen molar-refractivity contribution in [3.05, 3.63) is 72.3 Å². The zero-order chi connectivity index (χ0) is 22.6. The second-order valence-electron chi connectivity index (χ2n) is 8.32. The second kappa shape index (κ2) is 7.17. The van der Waals surface area contributed by atoms with Gasteiger partial charge in [-0.25, -0.2) is 4.90 Å². The molecule has 2 aliphatic rings. The average molecular weight is 430 g/mol. The van der Waals surface area contributed by atoms with Gasteiger partial charge in [0.25, 0.3) is 0 Å². The molecule has 0 aromatic heterocycles. The quantitative estimate of drug-likeness (QED) is 0.549. The molecule has 2 heterocycles. The van der Waals surface area contributed by atoms with E-state index in [1.807, 2.05) is 30.3 Å². The molecule has 2 fully saturated rings. The van der Waals surface area contributed by atoms with Crippen LogP contribution in [-0.2, 0) is 14.4 Å². The highest BCUT2D eigenvalue weighted by atomic mass is 16.4. The van der Waals surface area contributed by atoms with Gasteiger partial charge in [-0.3, -0.25) is 19.7 Å². The lowest BCUT2D eigenvalue weighted by molar-refractivity contribution is -0.149. The van der Waals surface area contributed by atoms with Gasteiger partial charge in [0.15, 0.2) is 0 Å². The van der Waals surface area contributed by atoms with Crippen LogP contribution in [0, 0.1) is 11.8 Å². The second-order valence-corrected chi connectivity index (χ2v) is 8.32. The van der Waals surface area contributed by atoms with E-state index in [1.54, 1.807) is 37.3 Å². The van der Waals surface area contributed by atoms with E-state index in [-0.39, 0.29) is 12.2 Å². The molecule has 2 amide bonds. The summed E-state index contributed by atoms with van der Waals surface area (Å²) in [7, 11) is 0. The normalized spacial score (nSPS) is 27.2. The molecule has 5 rings (SSSR count). The lowest BCUT2D eigenvalue weighted by atomic mass is 9.78. The molecular formula is C25H22N2O5. The Bertz CT molecular complexity index is 1270. The highest BCUT2D eigenvalue weighted by Crippen LogP contribution is 2.52. The zero-order valence-electron chi connectivity index (χ0n) is 17.4. The third-order valence-corrected chi connectivity index (χ3v) is 6.87. The van der Waals surface area contributed by atoms with Crippen molar-refractivity contribution >= 4 is 34.2 Å². The van der Waals surface area contributed by atoms with E-state index in [1.165, 1.54) is 6.07 Å². The standard InChI is InChI=1S/C25H22N2O5/c1-2-25(24(31)32)20-19(21(26-25)16-11-5-6-13-18(16)28)22(29)27(23(20)30)17-12-7-9-14-8-3-4-10-15(14)17/h3-13,19-21,26,28H,2H2,1H3,(H,31,32)/t19-,20-,21+,25-/m0/s1. The molecule has 0 aliphatic carbocycles. The SMILES string of the molecule is CC[C@]1(C(=O)O)N[C@H](c2ccccc2O)[C@H]2C(=O)N(c3cccc4ccccc34)C(=O)[C@H]21. The number of carboxylic acid groups (broad SMARTS) is 1. The van der Waals surface area contributed by atoms with Gasteiger partial charge in [0.1, 0.15) is 11.3 Å². The first-order valence-corrected chi connectivity index (χ1v) is 10.5. The van der Waals surface area contributed by atoms with E-state index in [9.17, 15) is 24.6 Å². The van der Waals surface area contributed by atoms with E-state index in [0.29, 0.717) is 11.3 Å². The largest absolute Gasteiger partial charge is 0.508 e. The van der Waals surface area contributed by atoms with Crippen LogP contribution >= 0.6 is 0 Å². The molecule has 0 spiro atoms. The Morgan fingerprint density at radius 1 is 1.00 bits per heavy atom. The summed E-state index contributed by atoms with van der Waals surface area (Å²) in [4.78, 5) is 41.1. The van der Waals surface area contributed by atoms with Crippen LogP contribution in [0.2, 0.25) is 0 Å². The minimum absolute atomic E-state index is 0.0510. The summed E-state index contributed by atoms with van der Waals surface area (Å²) in [5.41, 5.74) is -0.775. The number of fused-ring (bicyclic) bond motifs is 2. The lowest BCUT2D eigenvalue weighted by Crippen LogP contribution is -2.55. The van der Waals surface area contributed by atoms with Crippen molar-refractivity contribution in [1.82, 2.24) is 5.32 Å². The average Bonchev–Trinajstić information content (AvgIpc) is 3.28. The number of hydrogen-bond acceptors (Lipinski definition) is 5. The minimum atomic E-state index is -1.62. The molecule has 7 nitrogen and oxygen atoms in total. The van der Waals surface area contributed by atoms with E-state index < -0.39 is 41.2 Å². The van der Waals surface area contributed by atoms with Crippen LogP contribution in [0.3, 0.4) is 0 Å². The molecule has 0 unspecified atom stereocenters. The van der Waals surface area contributed by atoms with Gasteiger partial charge in [0.05, 0.1) is 17.5 Å². The van der Waals surface area contributed by atoms with Crippen molar-refractivity contribution in [2.24, 2.45) is 11.8 Å². The number of para-hydroxylation sites is 1. The molecule has 3 aromatic carbocycles. The van der Waals surface area contributed by atoms with Crippen molar-refractivity contribution < 1.29 is 24.6 Å². The van der Waals surface area contributed by atoms with Gasteiger partial charge in [-0.2, -0.15) is 0 Å². The molecule has 0 bridgehead atoms. The van der Waals surface area contributed by atoms with E-state index in [0.717, 1.165) is 15.7 Å². The first-order chi connectivity index (χ1) is 15.4. The number of nitrogens with one attached hydrogen (secondary N) is 1. The zero-order valence-corrected chi connectivity index (χ0v) is 17.4. The number of phenolic OH excluding ortho intramolecular Hbond substituents is 1. The Balaban J connectivity index is 1.70. The van der Waals surface area contributed by atoms with Crippen molar-refractivity contribution in [1.29, 1.82) is 0 Å². The number of aromatic hydroxyl groups is 1. The number of rotatable bonds is 4. The fourth-order valence-corrected chi connectivity index (χ4v) is 5.33. The number of anilines is 1. The summed E-state index contributed by atoms with van der Waals surface area (Å²) in [5.74, 6) is -4.29. The maximum Gasteiger partial charge on any atom is 0.324 e. The fraction of sp³-hybridized carbons (Fsp3) is 0.240. The van der Waals surface area contributed by atoms with Gasteiger partial charge < -0.3 is 10.2 Å². The van der Waals surface area contributed by atoms with Gasteiger partial charge >= 0.3 is 5.97 Å². The smallest absolute Gasteiger partial charge is 0.324 e. The van der Waals surface area contributed by atoms with Gasteiger partial charge in [0.2, 0.25) is 11.8 Å². The number of imide groups is 1. The monoisotopic (exact) mass is 430 g/mol. The molecule has 2 saturated heterocycles. The maximum atomic E-state index is 13.8. The highest BCUT2D eigenvalue weighted by molar-refractivity contribution is 6.26.